The maximum atomic E-state index is 13.7. The van der Waals surface area contributed by atoms with Gasteiger partial charge in [0.15, 0.2) is 0 Å². The molecule has 5 rings (SSSR count). The number of halogens is 3. The van der Waals surface area contributed by atoms with Gasteiger partial charge in [0, 0.05) is 31.9 Å². The van der Waals surface area contributed by atoms with E-state index in [1.165, 1.54) is 11.0 Å². The van der Waals surface area contributed by atoms with Gasteiger partial charge >= 0.3 is 6.18 Å². The number of benzene rings is 2. The number of aromatic nitrogens is 2. The zero-order valence-corrected chi connectivity index (χ0v) is 18.6. The van der Waals surface area contributed by atoms with Gasteiger partial charge in [0.25, 0.3) is 5.91 Å². The van der Waals surface area contributed by atoms with Crippen molar-refractivity contribution in [2.24, 2.45) is 0 Å². The average molecular weight is 486 g/mol. The van der Waals surface area contributed by atoms with E-state index in [1.54, 1.807) is 43.4 Å². The molecule has 2 aliphatic rings. The van der Waals surface area contributed by atoms with Crippen LogP contribution in [0.3, 0.4) is 0 Å². The lowest BCUT2D eigenvalue weighted by atomic mass is 10.1. The molecule has 1 fully saturated rings. The van der Waals surface area contributed by atoms with Crippen molar-refractivity contribution in [2.45, 2.75) is 25.2 Å². The van der Waals surface area contributed by atoms with E-state index in [4.69, 9.17) is 14.2 Å². The number of hydrogen-bond acceptors (Lipinski definition) is 7. The highest BCUT2D eigenvalue weighted by atomic mass is 19.4. The summed E-state index contributed by atoms with van der Waals surface area (Å²) in [6.45, 7) is 1.55. The predicted octanol–water partition coefficient (Wildman–Crippen LogP) is 4.78. The highest BCUT2D eigenvalue weighted by Gasteiger charge is 2.37. The largest absolute Gasteiger partial charge is 0.488 e. The first-order chi connectivity index (χ1) is 16.8. The minimum Gasteiger partial charge on any atom is -0.488 e. The fourth-order valence-corrected chi connectivity index (χ4v) is 3.90. The number of fused-ring (bicyclic) bond motifs is 1. The summed E-state index contributed by atoms with van der Waals surface area (Å²) in [5.74, 6) is -0.475. The quantitative estimate of drug-likeness (QED) is 0.537. The molecule has 11 heteroatoms. The first-order valence-corrected chi connectivity index (χ1v) is 10.9. The Hall–Kier alpha value is -3.86. The molecule has 3 heterocycles. The minimum atomic E-state index is -4.75. The smallest absolute Gasteiger partial charge is 0.423 e. The number of rotatable bonds is 6. The molecule has 1 saturated heterocycles. The number of amides is 1. The molecule has 182 valence electrons. The van der Waals surface area contributed by atoms with E-state index in [0.29, 0.717) is 43.0 Å². The molecule has 0 bridgehead atoms. The summed E-state index contributed by atoms with van der Waals surface area (Å²) in [6.07, 6.45) is -3.29. The highest BCUT2D eigenvalue weighted by Crippen LogP contribution is 2.39. The van der Waals surface area contributed by atoms with E-state index in [2.05, 4.69) is 15.3 Å². The molecule has 2 aromatic carbocycles. The van der Waals surface area contributed by atoms with Crippen molar-refractivity contribution in [2.75, 3.05) is 25.6 Å². The first kappa shape index (κ1) is 22.9. The lowest BCUT2D eigenvalue weighted by Crippen LogP contribution is -2.18. The van der Waals surface area contributed by atoms with Gasteiger partial charge in [-0.1, -0.05) is 12.1 Å². The van der Waals surface area contributed by atoms with E-state index < -0.39 is 17.6 Å². The number of alkyl halides is 3. The Morgan fingerprint density at radius 3 is 2.69 bits per heavy atom. The number of anilines is 2. The molecular formula is C24H21F3N4O4. The molecule has 0 aliphatic carbocycles. The predicted molar refractivity (Wildman–Crippen MR) is 119 cm³/mol. The topological polar surface area (TPSA) is 85.8 Å². The molecule has 1 aromatic heterocycles. The average Bonchev–Trinajstić information content (AvgIpc) is 3.42. The van der Waals surface area contributed by atoms with Crippen molar-refractivity contribution >= 4 is 17.5 Å². The van der Waals surface area contributed by atoms with Crippen molar-refractivity contribution in [3.8, 4) is 17.4 Å². The summed E-state index contributed by atoms with van der Waals surface area (Å²) in [5.41, 5.74) is 0.284. The van der Waals surface area contributed by atoms with Gasteiger partial charge in [-0.15, -0.1) is 0 Å². The number of hydrogen-bond donors (Lipinski definition) is 1. The molecule has 1 atom stereocenters. The van der Waals surface area contributed by atoms with Crippen LogP contribution in [0.4, 0.5) is 24.8 Å². The molecule has 0 saturated carbocycles. The van der Waals surface area contributed by atoms with Crippen LogP contribution in [0.5, 0.6) is 17.4 Å². The fourth-order valence-electron chi connectivity index (χ4n) is 3.90. The van der Waals surface area contributed by atoms with Crippen LogP contribution in [0.25, 0.3) is 0 Å². The second-order valence-corrected chi connectivity index (χ2v) is 8.22. The van der Waals surface area contributed by atoms with E-state index in [0.717, 1.165) is 6.42 Å². The van der Waals surface area contributed by atoms with Gasteiger partial charge in [-0.2, -0.15) is 18.2 Å². The molecule has 35 heavy (non-hydrogen) atoms. The van der Waals surface area contributed by atoms with Crippen LogP contribution >= 0.6 is 0 Å². The molecule has 0 radical (unpaired) electrons. The van der Waals surface area contributed by atoms with E-state index in [1.807, 2.05) is 0 Å². The first-order valence-electron chi connectivity index (χ1n) is 10.9. The summed E-state index contributed by atoms with van der Waals surface area (Å²) in [7, 11) is 1.61. The normalized spacial score (nSPS) is 17.4. The van der Waals surface area contributed by atoms with Crippen LogP contribution in [-0.2, 0) is 17.5 Å². The van der Waals surface area contributed by atoms with Crippen LogP contribution in [0, 0.1) is 0 Å². The molecule has 0 spiro atoms. The number of carbonyl (C=O) groups excluding carboxylic acids is 1. The second kappa shape index (κ2) is 9.06. The van der Waals surface area contributed by atoms with Crippen LogP contribution in [0.2, 0.25) is 0 Å². The number of ether oxygens (including phenoxy) is 3. The molecule has 1 N–H and O–H groups in total. The molecule has 2 aliphatic heterocycles. The third-order valence-corrected chi connectivity index (χ3v) is 5.65. The van der Waals surface area contributed by atoms with E-state index in [9.17, 15) is 18.0 Å². The summed E-state index contributed by atoms with van der Waals surface area (Å²) in [6, 6.07) is 11.7. The summed E-state index contributed by atoms with van der Waals surface area (Å²) in [5, 5.41) is 2.87. The Labute approximate surface area is 198 Å². The number of nitrogens with zero attached hydrogens (tertiary/aromatic N) is 3. The van der Waals surface area contributed by atoms with Gasteiger partial charge < -0.3 is 24.4 Å². The van der Waals surface area contributed by atoms with Crippen LogP contribution in [0.1, 0.15) is 27.9 Å². The summed E-state index contributed by atoms with van der Waals surface area (Å²) >= 11 is 0. The van der Waals surface area contributed by atoms with Gasteiger partial charge in [0.1, 0.15) is 23.2 Å². The van der Waals surface area contributed by atoms with Crippen molar-refractivity contribution in [3.63, 3.8) is 0 Å². The van der Waals surface area contributed by atoms with Crippen molar-refractivity contribution in [1.82, 2.24) is 14.9 Å². The van der Waals surface area contributed by atoms with Crippen molar-refractivity contribution in [3.05, 3.63) is 65.4 Å². The number of carbonyl (C=O) groups is 1. The second-order valence-electron chi connectivity index (χ2n) is 8.22. The van der Waals surface area contributed by atoms with Gasteiger partial charge in [0.2, 0.25) is 11.8 Å². The minimum absolute atomic E-state index is 0.00198. The molecule has 8 nitrogen and oxygen atoms in total. The van der Waals surface area contributed by atoms with Gasteiger partial charge in [-0.25, -0.2) is 4.98 Å². The monoisotopic (exact) mass is 486 g/mol. The van der Waals surface area contributed by atoms with Crippen LogP contribution in [-0.4, -0.2) is 47.1 Å². The number of nitrogens with one attached hydrogen (secondary N) is 1. The molecular weight excluding hydrogens is 465 g/mol. The molecule has 1 amide bonds. The Morgan fingerprint density at radius 1 is 1.17 bits per heavy atom. The van der Waals surface area contributed by atoms with Crippen LogP contribution < -0.4 is 14.8 Å². The third kappa shape index (κ3) is 4.85. The fraction of sp³-hybridized carbons (Fsp3) is 0.292. The Bertz CT molecular complexity index is 1240. The maximum absolute atomic E-state index is 13.7. The van der Waals surface area contributed by atoms with Gasteiger partial charge in [0.05, 0.1) is 18.8 Å². The van der Waals surface area contributed by atoms with Crippen molar-refractivity contribution < 1.29 is 32.2 Å². The lowest BCUT2D eigenvalue weighted by Gasteiger charge is -2.15. The molecule has 0 unspecified atom stereocenters. The molecule has 3 aromatic rings. The van der Waals surface area contributed by atoms with Crippen molar-refractivity contribution in [1.29, 1.82) is 0 Å². The van der Waals surface area contributed by atoms with E-state index in [-0.39, 0.29) is 29.3 Å². The Kier molecular flexibility index (Phi) is 5.93. The van der Waals surface area contributed by atoms with Gasteiger partial charge in [-0.05, 0) is 35.9 Å². The standard InChI is InChI=1S/C24H21F3N4O4/c1-31-12-14-3-2-4-19(20(14)22(31)32)35-21-18(24(25,26)27)11-28-23(30-21)29-15-5-7-16(8-6-15)34-17-9-10-33-13-17/h2-8,11,17H,9-10,12-13H2,1H3,(H,28,29,30)/t17-/m0/s1. The Balaban J connectivity index is 1.39. The lowest BCUT2D eigenvalue weighted by molar-refractivity contribution is -0.139. The third-order valence-electron chi connectivity index (χ3n) is 5.65. The summed E-state index contributed by atoms with van der Waals surface area (Å²) in [4.78, 5) is 21.7. The summed E-state index contributed by atoms with van der Waals surface area (Å²) < 4.78 is 57.6. The highest BCUT2D eigenvalue weighted by molar-refractivity contribution is 6.00. The van der Waals surface area contributed by atoms with E-state index >= 15 is 0 Å². The Morgan fingerprint density at radius 2 is 1.97 bits per heavy atom. The zero-order valence-electron chi connectivity index (χ0n) is 18.6. The SMILES string of the molecule is CN1Cc2cccc(Oc3nc(Nc4ccc(O[C@H]5CCOC5)cc4)ncc3C(F)(F)F)c2C1=O. The zero-order chi connectivity index (χ0) is 24.6. The van der Waals surface area contributed by atoms with Gasteiger partial charge in [-0.3, -0.25) is 4.79 Å². The maximum Gasteiger partial charge on any atom is 0.423 e. The van der Waals surface area contributed by atoms with Crippen LogP contribution in [0.15, 0.2) is 48.7 Å².